The maximum absolute atomic E-state index is 10.8. The van der Waals surface area contributed by atoms with Crippen molar-refractivity contribution in [2.75, 3.05) is 0 Å². The molecule has 0 radical (unpaired) electrons. The van der Waals surface area contributed by atoms with Crippen LogP contribution in [0.2, 0.25) is 0 Å². The van der Waals surface area contributed by atoms with Crippen LogP contribution in [0.15, 0.2) is 54.9 Å². The Hall–Kier alpha value is -3.06. The predicted molar refractivity (Wildman–Crippen MR) is 104 cm³/mol. The van der Waals surface area contributed by atoms with Gasteiger partial charge in [0.1, 0.15) is 6.33 Å². The lowest BCUT2D eigenvalue weighted by Gasteiger charge is -2.29. The molecule has 0 unspecified atom stereocenters. The summed E-state index contributed by atoms with van der Waals surface area (Å²) in [6.45, 7) is 0.712. The lowest BCUT2D eigenvalue weighted by molar-refractivity contribution is -0.384. The van der Waals surface area contributed by atoms with Crippen molar-refractivity contribution in [3.63, 3.8) is 0 Å². The van der Waals surface area contributed by atoms with Gasteiger partial charge in [0.2, 0.25) is 0 Å². The van der Waals surface area contributed by atoms with Crippen LogP contribution in [0.3, 0.4) is 0 Å². The van der Waals surface area contributed by atoms with Gasteiger partial charge in [-0.2, -0.15) is 0 Å². The quantitative estimate of drug-likeness (QED) is 0.481. The van der Waals surface area contributed by atoms with Gasteiger partial charge in [-0.15, -0.1) is 5.10 Å². The highest BCUT2D eigenvalue weighted by molar-refractivity contribution is 5.56. The standard InChI is InChI=1S/C21H21N5O2/c27-26(28)18-8-5-16(6-9-18)21-22-13-24(23-21)14-25(17-10-11-17)20-12-7-15-3-1-2-4-19(15)20/h1-6,8-9,13,17,20H,7,10-12,14H2/t20-/m1/s1. The highest BCUT2D eigenvalue weighted by atomic mass is 16.6. The Morgan fingerprint density at radius 1 is 1.11 bits per heavy atom. The van der Waals surface area contributed by atoms with Crippen LogP contribution in [0.1, 0.15) is 36.4 Å². The third-order valence-electron chi connectivity index (χ3n) is 5.70. The molecule has 0 bridgehead atoms. The largest absolute Gasteiger partial charge is 0.274 e. The van der Waals surface area contributed by atoms with Crippen LogP contribution in [0.25, 0.3) is 11.4 Å². The maximum atomic E-state index is 10.8. The van der Waals surface area contributed by atoms with E-state index in [2.05, 4.69) is 39.2 Å². The maximum Gasteiger partial charge on any atom is 0.269 e. The number of benzene rings is 2. The number of aromatic nitrogens is 3. The Morgan fingerprint density at radius 3 is 2.64 bits per heavy atom. The van der Waals surface area contributed by atoms with Gasteiger partial charge in [0.25, 0.3) is 5.69 Å². The van der Waals surface area contributed by atoms with E-state index in [9.17, 15) is 10.1 Å². The molecule has 0 N–H and O–H groups in total. The molecule has 7 nitrogen and oxygen atoms in total. The van der Waals surface area contributed by atoms with Crippen molar-refractivity contribution in [2.45, 2.75) is 44.4 Å². The molecule has 2 aromatic carbocycles. The third kappa shape index (κ3) is 3.18. The Morgan fingerprint density at radius 2 is 1.89 bits per heavy atom. The van der Waals surface area contributed by atoms with E-state index in [0.717, 1.165) is 18.4 Å². The van der Waals surface area contributed by atoms with Crippen molar-refractivity contribution >= 4 is 5.69 Å². The number of hydrogen-bond donors (Lipinski definition) is 0. The van der Waals surface area contributed by atoms with Crippen LogP contribution in [-0.4, -0.2) is 30.6 Å². The molecule has 3 aromatic rings. The molecule has 7 heteroatoms. The monoisotopic (exact) mass is 375 g/mol. The van der Waals surface area contributed by atoms with Crippen LogP contribution in [-0.2, 0) is 13.1 Å². The molecule has 0 saturated heterocycles. The molecular weight excluding hydrogens is 354 g/mol. The van der Waals surface area contributed by atoms with Gasteiger partial charge >= 0.3 is 0 Å². The van der Waals surface area contributed by atoms with Gasteiger partial charge < -0.3 is 0 Å². The fraction of sp³-hybridized carbons (Fsp3) is 0.333. The van der Waals surface area contributed by atoms with Gasteiger partial charge in [0.05, 0.1) is 11.6 Å². The van der Waals surface area contributed by atoms with E-state index in [1.54, 1.807) is 18.5 Å². The van der Waals surface area contributed by atoms with Crippen LogP contribution in [0, 0.1) is 10.1 Å². The zero-order chi connectivity index (χ0) is 19.1. The molecule has 0 spiro atoms. The fourth-order valence-electron chi connectivity index (χ4n) is 4.15. The molecule has 1 atom stereocenters. The van der Waals surface area contributed by atoms with E-state index in [0.29, 0.717) is 24.6 Å². The molecule has 0 aliphatic heterocycles. The first-order valence-electron chi connectivity index (χ1n) is 9.67. The van der Waals surface area contributed by atoms with Crippen molar-refractivity contribution < 1.29 is 4.92 Å². The number of nitro benzene ring substituents is 1. The van der Waals surface area contributed by atoms with Crippen LogP contribution in [0.4, 0.5) is 5.69 Å². The zero-order valence-corrected chi connectivity index (χ0v) is 15.4. The van der Waals surface area contributed by atoms with Crippen LogP contribution in [0.5, 0.6) is 0 Å². The molecule has 2 aliphatic carbocycles. The number of aryl methyl sites for hydroxylation is 1. The Balaban J connectivity index is 1.36. The first-order chi connectivity index (χ1) is 13.7. The summed E-state index contributed by atoms with van der Waals surface area (Å²) in [5.74, 6) is 0.595. The molecule has 2 aliphatic rings. The molecule has 28 heavy (non-hydrogen) atoms. The molecular formula is C21H21N5O2. The minimum absolute atomic E-state index is 0.0722. The minimum Gasteiger partial charge on any atom is -0.274 e. The van der Waals surface area contributed by atoms with E-state index in [4.69, 9.17) is 0 Å². The number of fused-ring (bicyclic) bond motifs is 1. The summed E-state index contributed by atoms with van der Waals surface area (Å²) in [5, 5.41) is 15.4. The van der Waals surface area contributed by atoms with Gasteiger partial charge in [-0.25, -0.2) is 9.67 Å². The number of nitrogens with zero attached hydrogens (tertiary/aromatic N) is 5. The molecule has 1 saturated carbocycles. The predicted octanol–water partition coefficient (Wildman–Crippen LogP) is 3.96. The van der Waals surface area contributed by atoms with E-state index in [1.165, 1.54) is 36.1 Å². The third-order valence-corrected chi connectivity index (χ3v) is 5.70. The molecule has 1 aromatic heterocycles. The van der Waals surface area contributed by atoms with Crippen molar-refractivity contribution in [1.82, 2.24) is 19.7 Å². The normalized spacial score (nSPS) is 18.4. The van der Waals surface area contributed by atoms with Gasteiger partial charge in [0, 0.05) is 29.8 Å². The Bertz CT molecular complexity index is 1010. The van der Waals surface area contributed by atoms with Crippen molar-refractivity contribution in [2.24, 2.45) is 0 Å². The first kappa shape index (κ1) is 17.1. The van der Waals surface area contributed by atoms with E-state index in [-0.39, 0.29) is 5.69 Å². The second kappa shape index (κ2) is 6.83. The van der Waals surface area contributed by atoms with Gasteiger partial charge in [-0.05, 0) is 48.9 Å². The smallest absolute Gasteiger partial charge is 0.269 e. The summed E-state index contributed by atoms with van der Waals surface area (Å²) in [5.41, 5.74) is 3.77. The lowest BCUT2D eigenvalue weighted by Crippen LogP contribution is -2.32. The molecule has 1 heterocycles. The average Bonchev–Trinajstić information content (AvgIpc) is 3.30. The van der Waals surface area contributed by atoms with Gasteiger partial charge in [-0.3, -0.25) is 15.0 Å². The van der Waals surface area contributed by atoms with Crippen LogP contribution < -0.4 is 0 Å². The SMILES string of the molecule is O=[N+]([O-])c1ccc(-c2ncn(CN(C3CC3)[C@@H]3CCc4ccccc43)n2)cc1. The summed E-state index contributed by atoms with van der Waals surface area (Å²) in [4.78, 5) is 17.4. The second-order valence-electron chi connectivity index (χ2n) is 7.55. The molecule has 0 amide bonds. The van der Waals surface area contributed by atoms with Gasteiger partial charge in [0.15, 0.2) is 5.82 Å². The lowest BCUT2D eigenvalue weighted by atomic mass is 10.1. The summed E-state index contributed by atoms with van der Waals surface area (Å²) in [6, 6.07) is 16.2. The number of rotatable bonds is 6. The fourth-order valence-corrected chi connectivity index (χ4v) is 4.15. The van der Waals surface area contributed by atoms with E-state index < -0.39 is 4.92 Å². The van der Waals surface area contributed by atoms with Crippen molar-refractivity contribution in [3.05, 3.63) is 76.1 Å². The van der Waals surface area contributed by atoms with E-state index >= 15 is 0 Å². The van der Waals surface area contributed by atoms with Crippen LogP contribution >= 0.6 is 0 Å². The minimum atomic E-state index is -0.400. The second-order valence-corrected chi connectivity index (χ2v) is 7.55. The van der Waals surface area contributed by atoms with Crippen molar-refractivity contribution in [1.29, 1.82) is 0 Å². The van der Waals surface area contributed by atoms with Crippen molar-refractivity contribution in [3.8, 4) is 11.4 Å². The number of nitro groups is 1. The Labute approximate surface area is 162 Å². The summed E-state index contributed by atoms with van der Waals surface area (Å²) < 4.78 is 1.88. The summed E-state index contributed by atoms with van der Waals surface area (Å²) in [6.07, 6.45) is 6.52. The highest BCUT2D eigenvalue weighted by Crippen LogP contribution is 2.41. The number of non-ortho nitro benzene ring substituents is 1. The summed E-state index contributed by atoms with van der Waals surface area (Å²) in [7, 11) is 0. The molecule has 5 rings (SSSR count). The topological polar surface area (TPSA) is 77.1 Å². The molecule has 1 fully saturated rings. The molecule has 142 valence electrons. The van der Waals surface area contributed by atoms with E-state index in [1.807, 2.05) is 4.68 Å². The highest BCUT2D eigenvalue weighted by Gasteiger charge is 2.37. The summed E-state index contributed by atoms with van der Waals surface area (Å²) >= 11 is 0. The Kier molecular flexibility index (Phi) is 4.16. The number of hydrogen-bond acceptors (Lipinski definition) is 5. The first-order valence-corrected chi connectivity index (χ1v) is 9.67. The average molecular weight is 375 g/mol. The zero-order valence-electron chi connectivity index (χ0n) is 15.4. The van der Waals surface area contributed by atoms with Gasteiger partial charge in [-0.1, -0.05) is 24.3 Å².